The highest BCUT2D eigenvalue weighted by Gasteiger charge is 2.35. The predicted octanol–water partition coefficient (Wildman–Crippen LogP) is 4.51. The van der Waals surface area contributed by atoms with E-state index in [1.54, 1.807) is 43.7 Å². The lowest BCUT2D eigenvalue weighted by molar-refractivity contribution is -0.121. The summed E-state index contributed by atoms with van der Waals surface area (Å²) in [5.74, 6) is -2.08. The van der Waals surface area contributed by atoms with E-state index >= 15 is 0 Å². The molecule has 2 aliphatic heterocycles. The summed E-state index contributed by atoms with van der Waals surface area (Å²) in [6.45, 7) is 0. The van der Waals surface area contributed by atoms with Gasteiger partial charge in [-0.15, -0.1) is 0 Å². The molecule has 31 heavy (non-hydrogen) atoms. The number of nitrogens with zero attached hydrogens (tertiary/aromatic N) is 3. The Morgan fingerprint density at radius 2 is 1.87 bits per heavy atom. The predicted molar refractivity (Wildman–Crippen MR) is 116 cm³/mol. The Bertz CT molecular complexity index is 1300. The van der Waals surface area contributed by atoms with Crippen molar-refractivity contribution in [2.45, 2.75) is 0 Å². The quantitative estimate of drug-likeness (QED) is 0.698. The summed E-state index contributed by atoms with van der Waals surface area (Å²) in [6.07, 6.45) is 8.03. The number of benzene rings is 2. The second kappa shape index (κ2) is 7.73. The van der Waals surface area contributed by atoms with Gasteiger partial charge in [0.2, 0.25) is 0 Å². The number of halogens is 2. The Labute approximate surface area is 178 Å². The minimum Gasteiger partial charge on any atom is -0.454 e. The summed E-state index contributed by atoms with van der Waals surface area (Å²) in [7, 11) is -0.824. The molecule has 6 nitrogen and oxygen atoms in total. The van der Waals surface area contributed by atoms with E-state index in [9.17, 15) is 17.8 Å². The highest BCUT2D eigenvalue weighted by molar-refractivity contribution is 7.92. The molecule has 2 aromatic rings. The first-order valence-electron chi connectivity index (χ1n) is 9.30. The first kappa shape index (κ1) is 20.9. The molecule has 0 saturated heterocycles. The smallest absolute Gasteiger partial charge is 0.272 e. The normalized spacial score (nSPS) is 17.9. The van der Waals surface area contributed by atoms with Crippen LogP contribution in [0.15, 0.2) is 64.2 Å². The van der Waals surface area contributed by atoms with Crippen molar-refractivity contribution in [3.63, 3.8) is 0 Å². The van der Waals surface area contributed by atoms with Crippen LogP contribution in [0.5, 0.6) is 11.5 Å². The van der Waals surface area contributed by atoms with Gasteiger partial charge < -0.3 is 9.64 Å². The lowest BCUT2D eigenvalue weighted by Gasteiger charge is -2.27. The highest BCUT2D eigenvalue weighted by Crippen LogP contribution is 2.41. The van der Waals surface area contributed by atoms with E-state index < -0.39 is 27.3 Å². The standard InChI is InChI=1S/C22H19F2N3O3S/c1-27-12-17(15-8-9-25-21(15)22(27)28)16-11-14(26-31(2,3)29)5-7-19(16)30-20-6-4-13(23)10-18(20)24/h4-12,15H,1-3H3. The molecule has 0 bridgehead atoms. The number of rotatable bonds is 4. The third kappa shape index (κ3) is 4.27. The van der Waals surface area contributed by atoms with E-state index in [4.69, 9.17) is 4.74 Å². The number of carbonyl (C=O) groups excluding carboxylic acids is 1. The fraction of sp³-hybridized carbons (Fsp3) is 0.182. The van der Waals surface area contributed by atoms with Crippen LogP contribution in [0.25, 0.3) is 5.57 Å². The van der Waals surface area contributed by atoms with E-state index in [0.717, 1.165) is 12.1 Å². The van der Waals surface area contributed by atoms with Gasteiger partial charge in [0.25, 0.3) is 5.91 Å². The number of carbonyl (C=O) groups is 1. The molecule has 0 aromatic heterocycles. The summed E-state index contributed by atoms with van der Waals surface area (Å²) >= 11 is 0. The van der Waals surface area contributed by atoms with Gasteiger partial charge in [0.15, 0.2) is 11.6 Å². The van der Waals surface area contributed by atoms with Gasteiger partial charge in [0.1, 0.15) is 17.3 Å². The van der Waals surface area contributed by atoms with Crippen LogP contribution in [0.4, 0.5) is 14.5 Å². The number of amides is 1. The average Bonchev–Trinajstić information content (AvgIpc) is 3.17. The van der Waals surface area contributed by atoms with E-state index in [0.29, 0.717) is 22.5 Å². The van der Waals surface area contributed by atoms with Crippen LogP contribution in [0, 0.1) is 17.6 Å². The maximum absolute atomic E-state index is 14.2. The molecule has 0 spiro atoms. The lowest BCUT2D eigenvalue weighted by Crippen LogP contribution is -2.37. The highest BCUT2D eigenvalue weighted by atomic mass is 32.2. The van der Waals surface area contributed by atoms with Crippen LogP contribution in [0.3, 0.4) is 0 Å². The monoisotopic (exact) mass is 443 g/mol. The van der Waals surface area contributed by atoms with Crippen molar-refractivity contribution in [2.75, 3.05) is 19.6 Å². The summed E-state index contributed by atoms with van der Waals surface area (Å²) in [5.41, 5.74) is 2.01. The number of aliphatic imine (C=N–C) groups is 1. The van der Waals surface area contributed by atoms with Crippen molar-refractivity contribution in [3.8, 4) is 11.5 Å². The molecule has 2 heterocycles. The third-order valence-electron chi connectivity index (χ3n) is 4.71. The van der Waals surface area contributed by atoms with Crippen LogP contribution < -0.4 is 4.74 Å². The molecule has 1 unspecified atom stereocenters. The van der Waals surface area contributed by atoms with Gasteiger partial charge >= 0.3 is 0 Å². The van der Waals surface area contributed by atoms with Gasteiger partial charge in [-0.25, -0.2) is 13.0 Å². The zero-order chi connectivity index (χ0) is 22.3. The zero-order valence-corrected chi connectivity index (χ0v) is 17.8. The van der Waals surface area contributed by atoms with Gasteiger partial charge in [-0.2, -0.15) is 4.36 Å². The maximum Gasteiger partial charge on any atom is 0.272 e. The second-order valence-corrected chi connectivity index (χ2v) is 10.0. The Balaban J connectivity index is 1.87. The fourth-order valence-corrected chi connectivity index (χ4v) is 4.03. The van der Waals surface area contributed by atoms with Gasteiger partial charge in [-0.05, 0) is 35.9 Å². The van der Waals surface area contributed by atoms with Crippen molar-refractivity contribution < 1.29 is 22.5 Å². The van der Waals surface area contributed by atoms with Gasteiger partial charge in [0.05, 0.1) is 11.6 Å². The summed E-state index contributed by atoms with van der Waals surface area (Å²) in [6, 6.07) is 7.88. The van der Waals surface area contributed by atoms with Crippen LogP contribution >= 0.6 is 0 Å². The Hall–Kier alpha value is -3.33. The molecule has 0 N–H and O–H groups in total. The van der Waals surface area contributed by atoms with Crippen molar-refractivity contribution in [3.05, 3.63) is 72.1 Å². The molecule has 160 valence electrons. The fourth-order valence-electron chi connectivity index (χ4n) is 3.41. The van der Waals surface area contributed by atoms with Gasteiger partial charge in [0, 0.05) is 53.3 Å². The van der Waals surface area contributed by atoms with E-state index in [1.807, 2.05) is 0 Å². The van der Waals surface area contributed by atoms with Crippen LogP contribution in [-0.2, 0) is 14.5 Å². The van der Waals surface area contributed by atoms with Crippen molar-refractivity contribution in [1.82, 2.24) is 4.90 Å². The SMILES string of the molecule is CN1C=C(c2cc(N=S(C)(C)=O)ccc2Oc2ccc(F)cc2F)C2C=CN=C2C1=O. The number of allylic oxidation sites excluding steroid dienone is 2. The average molecular weight is 443 g/mol. The molecule has 1 amide bonds. The molecule has 0 radical (unpaired) electrons. The van der Waals surface area contributed by atoms with Crippen molar-refractivity contribution in [2.24, 2.45) is 15.3 Å². The van der Waals surface area contributed by atoms with E-state index in [1.165, 1.54) is 23.5 Å². The molecule has 0 aliphatic carbocycles. The first-order chi connectivity index (χ1) is 14.6. The summed E-state index contributed by atoms with van der Waals surface area (Å²) < 4.78 is 49.7. The molecule has 0 saturated carbocycles. The molecule has 4 rings (SSSR count). The summed E-state index contributed by atoms with van der Waals surface area (Å²) in [4.78, 5) is 18.0. The number of ether oxygens (including phenoxy) is 1. The number of hydrogen-bond acceptors (Lipinski definition) is 5. The molecule has 0 fully saturated rings. The summed E-state index contributed by atoms with van der Waals surface area (Å²) in [5, 5.41) is 0. The molecule has 2 aromatic carbocycles. The van der Waals surface area contributed by atoms with E-state index in [-0.39, 0.29) is 17.4 Å². The Kier molecular flexibility index (Phi) is 5.22. The van der Waals surface area contributed by atoms with Crippen LogP contribution in [0.1, 0.15) is 5.56 Å². The number of fused-ring (bicyclic) bond motifs is 1. The minimum absolute atomic E-state index is 0.154. The third-order valence-corrected chi connectivity index (χ3v) is 5.36. The van der Waals surface area contributed by atoms with Gasteiger partial charge in [-0.1, -0.05) is 6.08 Å². The largest absolute Gasteiger partial charge is 0.454 e. The minimum atomic E-state index is -2.43. The van der Waals surface area contributed by atoms with Crippen molar-refractivity contribution in [1.29, 1.82) is 0 Å². The topological polar surface area (TPSA) is 71.3 Å². The molecule has 1 atom stereocenters. The zero-order valence-electron chi connectivity index (χ0n) is 17.0. The van der Waals surface area contributed by atoms with Crippen LogP contribution in [-0.4, -0.2) is 40.3 Å². The maximum atomic E-state index is 14.2. The molecular weight excluding hydrogens is 424 g/mol. The first-order valence-corrected chi connectivity index (χ1v) is 11.6. The van der Waals surface area contributed by atoms with E-state index in [2.05, 4.69) is 9.36 Å². The molecule has 9 heteroatoms. The van der Waals surface area contributed by atoms with Gasteiger partial charge in [-0.3, -0.25) is 9.79 Å². The second-order valence-electron chi connectivity index (χ2n) is 7.46. The molecule has 2 aliphatic rings. The van der Waals surface area contributed by atoms with Crippen LogP contribution in [0.2, 0.25) is 0 Å². The number of hydrogen-bond donors (Lipinski definition) is 0. The Morgan fingerprint density at radius 3 is 2.58 bits per heavy atom. The van der Waals surface area contributed by atoms with Crippen molar-refractivity contribution >= 4 is 32.6 Å². The lowest BCUT2D eigenvalue weighted by atomic mass is 9.86. The molecular formula is C22H19F2N3O3S. The Morgan fingerprint density at radius 1 is 1.13 bits per heavy atom.